The van der Waals surface area contributed by atoms with E-state index in [9.17, 15) is 9.59 Å². The number of rotatable bonds is 5. The van der Waals surface area contributed by atoms with E-state index in [1.54, 1.807) is 6.07 Å². The molecule has 2 rings (SSSR count). The lowest BCUT2D eigenvalue weighted by molar-refractivity contribution is -0.129. The van der Waals surface area contributed by atoms with Crippen LogP contribution in [-0.4, -0.2) is 17.9 Å². The molecule has 1 aromatic carbocycles. The molecule has 1 aliphatic rings. The molecule has 0 bridgehead atoms. The van der Waals surface area contributed by atoms with Crippen molar-refractivity contribution in [3.63, 3.8) is 0 Å². The maximum atomic E-state index is 11.8. The number of hydrogen-bond acceptors (Lipinski definition) is 2. The maximum Gasteiger partial charge on any atom is 0.229 e. The molecule has 1 saturated carbocycles. The first-order chi connectivity index (χ1) is 10.1. The third-order valence-electron chi connectivity index (χ3n) is 3.73. The highest BCUT2D eigenvalue weighted by Gasteiger charge is 2.17. The molecule has 21 heavy (non-hydrogen) atoms. The van der Waals surface area contributed by atoms with Crippen LogP contribution in [0.2, 0.25) is 5.02 Å². The molecule has 4 nitrogen and oxygen atoms in total. The van der Waals surface area contributed by atoms with Crippen LogP contribution in [0.1, 0.15) is 44.1 Å². The van der Waals surface area contributed by atoms with E-state index in [2.05, 4.69) is 10.6 Å². The molecule has 0 saturated heterocycles. The molecule has 1 aromatic rings. The van der Waals surface area contributed by atoms with E-state index < -0.39 is 0 Å². The van der Waals surface area contributed by atoms with Crippen LogP contribution < -0.4 is 10.6 Å². The number of carbonyl (C=O) groups is 2. The average molecular weight is 309 g/mol. The molecule has 0 heterocycles. The molecular formula is C16H21ClN2O2. The Morgan fingerprint density at radius 2 is 1.81 bits per heavy atom. The minimum atomic E-state index is -0.275. The Balaban J connectivity index is 1.71. The van der Waals surface area contributed by atoms with Gasteiger partial charge in [0.1, 0.15) is 6.42 Å². The van der Waals surface area contributed by atoms with Gasteiger partial charge in [-0.3, -0.25) is 9.59 Å². The second-order valence-corrected chi connectivity index (χ2v) is 5.85. The van der Waals surface area contributed by atoms with Gasteiger partial charge in [-0.05, 0) is 24.5 Å². The van der Waals surface area contributed by atoms with Crippen molar-refractivity contribution in [2.24, 2.45) is 0 Å². The number of nitrogens with one attached hydrogen (secondary N) is 2. The zero-order valence-electron chi connectivity index (χ0n) is 12.0. The van der Waals surface area contributed by atoms with Crippen molar-refractivity contribution in [2.45, 2.75) is 51.1 Å². The molecule has 0 unspecified atom stereocenters. The first kappa shape index (κ1) is 15.8. The molecule has 0 atom stereocenters. The summed E-state index contributed by atoms with van der Waals surface area (Å²) >= 11 is 6.01. The molecule has 2 amide bonds. The predicted octanol–water partition coefficient (Wildman–Crippen LogP) is 2.80. The smallest absolute Gasteiger partial charge is 0.229 e. The van der Waals surface area contributed by atoms with Crippen LogP contribution in [0, 0.1) is 0 Å². The number of benzene rings is 1. The minimum Gasteiger partial charge on any atom is -0.353 e. The third-order valence-corrected chi connectivity index (χ3v) is 4.09. The molecule has 1 aliphatic carbocycles. The van der Waals surface area contributed by atoms with Gasteiger partial charge >= 0.3 is 0 Å². The summed E-state index contributed by atoms with van der Waals surface area (Å²) in [6, 6.07) is 7.57. The van der Waals surface area contributed by atoms with Crippen molar-refractivity contribution in [2.75, 3.05) is 0 Å². The van der Waals surface area contributed by atoms with Crippen LogP contribution in [0.25, 0.3) is 0 Å². The second kappa shape index (κ2) is 8.03. The summed E-state index contributed by atoms with van der Waals surface area (Å²) in [7, 11) is 0. The van der Waals surface area contributed by atoms with E-state index in [0.717, 1.165) is 31.2 Å². The molecule has 0 aromatic heterocycles. The van der Waals surface area contributed by atoms with Gasteiger partial charge in [-0.2, -0.15) is 0 Å². The number of amides is 2. The van der Waals surface area contributed by atoms with Crippen LogP contribution >= 0.6 is 11.6 Å². The van der Waals surface area contributed by atoms with E-state index in [1.807, 2.05) is 18.2 Å². The SMILES string of the molecule is O=C(CC(=O)NC1CCCCC1)NCc1ccccc1Cl. The minimum absolute atomic E-state index is 0.124. The van der Waals surface area contributed by atoms with Gasteiger partial charge in [0.05, 0.1) is 0 Å². The van der Waals surface area contributed by atoms with Gasteiger partial charge in [-0.25, -0.2) is 0 Å². The van der Waals surface area contributed by atoms with Gasteiger partial charge in [0, 0.05) is 17.6 Å². The highest BCUT2D eigenvalue weighted by Crippen LogP contribution is 2.17. The van der Waals surface area contributed by atoms with Crippen LogP contribution in [0.15, 0.2) is 24.3 Å². The van der Waals surface area contributed by atoms with Gasteiger partial charge in [0.25, 0.3) is 0 Å². The Morgan fingerprint density at radius 1 is 1.10 bits per heavy atom. The summed E-state index contributed by atoms with van der Waals surface area (Å²) in [5.41, 5.74) is 0.847. The highest BCUT2D eigenvalue weighted by molar-refractivity contribution is 6.31. The van der Waals surface area contributed by atoms with Crippen molar-refractivity contribution in [3.05, 3.63) is 34.9 Å². The topological polar surface area (TPSA) is 58.2 Å². The average Bonchev–Trinajstić information content (AvgIpc) is 2.47. The lowest BCUT2D eigenvalue weighted by Crippen LogP contribution is -2.39. The summed E-state index contributed by atoms with van der Waals surface area (Å²) in [5, 5.41) is 6.27. The lowest BCUT2D eigenvalue weighted by Gasteiger charge is -2.22. The van der Waals surface area contributed by atoms with E-state index in [-0.39, 0.29) is 24.3 Å². The normalized spacial score (nSPS) is 15.5. The quantitative estimate of drug-likeness (QED) is 0.822. The van der Waals surface area contributed by atoms with E-state index in [0.29, 0.717) is 11.6 Å². The molecule has 5 heteroatoms. The fourth-order valence-electron chi connectivity index (χ4n) is 2.57. The number of hydrogen-bond donors (Lipinski definition) is 2. The Bertz CT molecular complexity index is 499. The van der Waals surface area contributed by atoms with Crippen molar-refractivity contribution >= 4 is 23.4 Å². The fourth-order valence-corrected chi connectivity index (χ4v) is 2.77. The summed E-state index contributed by atoms with van der Waals surface area (Å²) in [6.07, 6.45) is 5.47. The summed E-state index contributed by atoms with van der Waals surface area (Å²) in [4.78, 5) is 23.6. The van der Waals surface area contributed by atoms with Gasteiger partial charge in [0.2, 0.25) is 11.8 Å². The van der Waals surface area contributed by atoms with E-state index >= 15 is 0 Å². The van der Waals surface area contributed by atoms with Crippen LogP contribution in [0.3, 0.4) is 0 Å². The summed E-state index contributed by atoms with van der Waals surface area (Å²) in [5.74, 6) is -0.471. The van der Waals surface area contributed by atoms with Crippen LogP contribution in [0.5, 0.6) is 0 Å². The van der Waals surface area contributed by atoms with Gasteiger partial charge in [-0.15, -0.1) is 0 Å². The second-order valence-electron chi connectivity index (χ2n) is 5.45. The zero-order chi connectivity index (χ0) is 15.1. The van der Waals surface area contributed by atoms with Crippen molar-refractivity contribution in [1.82, 2.24) is 10.6 Å². The first-order valence-electron chi connectivity index (χ1n) is 7.44. The summed E-state index contributed by atoms with van der Waals surface area (Å²) in [6.45, 7) is 0.342. The molecule has 2 N–H and O–H groups in total. The van der Waals surface area contributed by atoms with E-state index in [4.69, 9.17) is 11.6 Å². The first-order valence-corrected chi connectivity index (χ1v) is 7.82. The van der Waals surface area contributed by atoms with Crippen molar-refractivity contribution < 1.29 is 9.59 Å². The Kier molecular flexibility index (Phi) is 6.05. The van der Waals surface area contributed by atoms with Crippen LogP contribution in [0.4, 0.5) is 0 Å². The maximum absolute atomic E-state index is 11.8. The lowest BCUT2D eigenvalue weighted by atomic mass is 9.95. The molecule has 0 aliphatic heterocycles. The van der Waals surface area contributed by atoms with Gasteiger partial charge in [-0.1, -0.05) is 49.1 Å². The molecule has 114 valence electrons. The molecule has 1 fully saturated rings. The Morgan fingerprint density at radius 3 is 2.52 bits per heavy atom. The standard InChI is InChI=1S/C16H21ClN2O2/c17-14-9-5-4-6-12(14)11-18-15(20)10-16(21)19-13-7-2-1-3-8-13/h4-6,9,13H,1-3,7-8,10-11H2,(H,18,20)(H,19,21). The van der Waals surface area contributed by atoms with Crippen molar-refractivity contribution in [3.8, 4) is 0 Å². The number of halogens is 1. The summed E-state index contributed by atoms with van der Waals surface area (Å²) < 4.78 is 0. The number of carbonyl (C=O) groups excluding carboxylic acids is 2. The Labute approximate surface area is 130 Å². The molecular weight excluding hydrogens is 288 g/mol. The van der Waals surface area contributed by atoms with Crippen LogP contribution in [-0.2, 0) is 16.1 Å². The van der Waals surface area contributed by atoms with Gasteiger partial charge in [0.15, 0.2) is 0 Å². The predicted molar refractivity (Wildman–Crippen MR) is 82.9 cm³/mol. The third kappa shape index (κ3) is 5.38. The monoisotopic (exact) mass is 308 g/mol. The Hall–Kier alpha value is -1.55. The largest absolute Gasteiger partial charge is 0.353 e. The van der Waals surface area contributed by atoms with E-state index in [1.165, 1.54) is 6.42 Å². The molecule has 0 radical (unpaired) electrons. The van der Waals surface area contributed by atoms with Gasteiger partial charge < -0.3 is 10.6 Å². The zero-order valence-corrected chi connectivity index (χ0v) is 12.8. The van der Waals surface area contributed by atoms with Crippen molar-refractivity contribution in [1.29, 1.82) is 0 Å². The molecule has 0 spiro atoms. The highest BCUT2D eigenvalue weighted by atomic mass is 35.5. The fraction of sp³-hybridized carbons (Fsp3) is 0.500.